The molecule has 1 heterocycles. The molecule has 24 heavy (non-hydrogen) atoms. The van der Waals surface area contributed by atoms with Crippen LogP contribution in [0.2, 0.25) is 0 Å². The molecule has 1 aliphatic rings. The molecule has 0 radical (unpaired) electrons. The van der Waals surface area contributed by atoms with Gasteiger partial charge in [-0.05, 0) is 24.3 Å². The summed E-state index contributed by atoms with van der Waals surface area (Å²) in [7, 11) is 1.58. The van der Waals surface area contributed by atoms with Crippen molar-refractivity contribution >= 4 is 36.0 Å². The Hall–Kier alpha value is -1.44. The molecule has 134 valence electrons. The number of thioether (sulfide) groups is 1. The Morgan fingerprint density at radius 3 is 2.58 bits per heavy atom. The molecule has 1 aromatic carbocycles. The molecular formula is C16H24ClN3O3S. The number of nitrogens with one attached hydrogen (secondary N) is 3. The molecule has 1 atom stereocenters. The smallest absolute Gasteiger partial charge is 0.251 e. The van der Waals surface area contributed by atoms with Gasteiger partial charge in [0, 0.05) is 49.2 Å². The third-order valence-electron chi connectivity index (χ3n) is 3.52. The van der Waals surface area contributed by atoms with E-state index >= 15 is 0 Å². The maximum Gasteiger partial charge on any atom is 0.251 e. The fourth-order valence-corrected chi connectivity index (χ4v) is 3.22. The van der Waals surface area contributed by atoms with Gasteiger partial charge < -0.3 is 20.7 Å². The Bertz CT molecular complexity index is 522. The average Bonchev–Trinajstić information content (AvgIpc) is 2.59. The number of methoxy groups -OCH3 is 1. The Balaban J connectivity index is 0.00000288. The highest BCUT2D eigenvalue weighted by Gasteiger charge is 2.16. The van der Waals surface area contributed by atoms with Gasteiger partial charge in [0.2, 0.25) is 5.91 Å². The van der Waals surface area contributed by atoms with Gasteiger partial charge in [-0.1, -0.05) is 0 Å². The Labute approximate surface area is 152 Å². The van der Waals surface area contributed by atoms with E-state index in [9.17, 15) is 9.59 Å². The van der Waals surface area contributed by atoms with E-state index in [1.807, 2.05) is 11.8 Å². The lowest BCUT2D eigenvalue weighted by molar-refractivity contribution is -0.121. The minimum atomic E-state index is -0.160. The summed E-state index contributed by atoms with van der Waals surface area (Å²) in [6, 6.07) is 7.15. The molecule has 6 nitrogen and oxygen atoms in total. The van der Waals surface area contributed by atoms with E-state index in [1.54, 1.807) is 31.4 Å². The number of amides is 2. The zero-order valence-electron chi connectivity index (χ0n) is 13.7. The number of carbonyl (C=O) groups is 2. The van der Waals surface area contributed by atoms with Crippen LogP contribution in [0.15, 0.2) is 24.3 Å². The Morgan fingerprint density at radius 1 is 1.25 bits per heavy atom. The van der Waals surface area contributed by atoms with Crippen LogP contribution in [0, 0.1) is 0 Å². The SMILES string of the molecule is COc1ccc(C(=O)NCCNC(=O)CC2CSCCN2)cc1.Cl. The molecule has 1 aliphatic heterocycles. The third-order valence-corrected chi connectivity index (χ3v) is 4.65. The van der Waals surface area contributed by atoms with Gasteiger partial charge in [0.25, 0.3) is 5.91 Å². The predicted molar refractivity (Wildman–Crippen MR) is 99.3 cm³/mol. The quantitative estimate of drug-likeness (QED) is 0.623. The summed E-state index contributed by atoms with van der Waals surface area (Å²) in [6.45, 7) is 1.80. The van der Waals surface area contributed by atoms with Gasteiger partial charge in [-0.15, -0.1) is 12.4 Å². The topological polar surface area (TPSA) is 79.5 Å². The van der Waals surface area contributed by atoms with Crippen LogP contribution in [0.1, 0.15) is 16.8 Å². The third kappa shape index (κ3) is 6.98. The molecule has 8 heteroatoms. The van der Waals surface area contributed by atoms with Crippen LogP contribution in [-0.2, 0) is 4.79 Å². The molecule has 1 unspecified atom stereocenters. The maximum absolute atomic E-state index is 11.9. The van der Waals surface area contributed by atoms with E-state index in [-0.39, 0.29) is 30.3 Å². The first-order valence-electron chi connectivity index (χ1n) is 7.69. The van der Waals surface area contributed by atoms with Crippen molar-refractivity contribution in [3.8, 4) is 5.75 Å². The first kappa shape index (κ1) is 20.6. The van der Waals surface area contributed by atoms with Crippen molar-refractivity contribution in [2.24, 2.45) is 0 Å². The number of hydrogen-bond acceptors (Lipinski definition) is 5. The van der Waals surface area contributed by atoms with Crippen LogP contribution in [0.25, 0.3) is 0 Å². The van der Waals surface area contributed by atoms with Crippen molar-refractivity contribution in [1.82, 2.24) is 16.0 Å². The van der Waals surface area contributed by atoms with Crippen LogP contribution < -0.4 is 20.7 Å². The minimum absolute atomic E-state index is 0. The number of halogens is 1. The summed E-state index contributed by atoms with van der Waals surface area (Å²) in [5.41, 5.74) is 0.570. The van der Waals surface area contributed by atoms with Gasteiger partial charge in [-0.3, -0.25) is 9.59 Å². The first-order chi connectivity index (χ1) is 11.2. The van der Waals surface area contributed by atoms with Gasteiger partial charge in [0.05, 0.1) is 7.11 Å². The van der Waals surface area contributed by atoms with E-state index in [0.29, 0.717) is 30.8 Å². The van der Waals surface area contributed by atoms with E-state index in [2.05, 4.69) is 16.0 Å². The fraction of sp³-hybridized carbons (Fsp3) is 0.500. The molecule has 0 saturated carbocycles. The maximum atomic E-state index is 11.9. The largest absolute Gasteiger partial charge is 0.497 e. The van der Waals surface area contributed by atoms with Crippen LogP contribution >= 0.6 is 24.2 Å². The molecule has 0 spiro atoms. The monoisotopic (exact) mass is 373 g/mol. The molecule has 3 N–H and O–H groups in total. The van der Waals surface area contributed by atoms with Gasteiger partial charge in [-0.25, -0.2) is 0 Å². The summed E-state index contributed by atoms with van der Waals surface area (Å²) in [4.78, 5) is 23.7. The standard InChI is InChI=1S/C16H23N3O3S.ClH/c1-22-14-4-2-12(3-5-14)16(21)19-7-6-18-15(20)10-13-11-23-9-8-17-13;/h2-5,13,17H,6-11H2,1H3,(H,18,20)(H,19,21);1H. The second kappa shape index (κ2) is 11.2. The van der Waals surface area contributed by atoms with E-state index in [4.69, 9.17) is 4.74 Å². The van der Waals surface area contributed by atoms with Gasteiger partial charge >= 0.3 is 0 Å². The number of benzene rings is 1. The summed E-state index contributed by atoms with van der Waals surface area (Å²) in [6.07, 6.45) is 0.486. The first-order valence-corrected chi connectivity index (χ1v) is 8.84. The molecule has 0 aromatic heterocycles. The Morgan fingerprint density at radius 2 is 1.96 bits per heavy atom. The van der Waals surface area contributed by atoms with Crippen LogP contribution in [0.3, 0.4) is 0 Å². The lowest BCUT2D eigenvalue weighted by atomic mass is 10.2. The van der Waals surface area contributed by atoms with Gasteiger partial charge in [-0.2, -0.15) is 11.8 Å². The summed E-state index contributed by atoms with van der Waals surface area (Å²) >= 11 is 1.87. The van der Waals surface area contributed by atoms with Crippen LogP contribution in [0.5, 0.6) is 5.75 Å². The summed E-state index contributed by atoms with van der Waals surface area (Å²) in [5.74, 6) is 2.65. The van der Waals surface area contributed by atoms with E-state index < -0.39 is 0 Å². The molecule has 2 rings (SSSR count). The number of ether oxygens (including phenoxy) is 1. The summed E-state index contributed by atoms with van der Waals surface area (Å²) < 4.78 is 5.05. The highest BCUT2D eigenvalue weighted by molar-refractivity contribution is 7.99. The van der Waals surface area contributed by atoms with Crippen molar-refractivity contribution in [2.75, 3.05) is 38.2 Å². The normalized spacial score (nSPS) is 16.6. The minimum Gasteiger partial charge on any atom is -0.497 e. The lowest BCUT2D eigenvalue weighted by Crippen LogP contribution is -2.42. The molecule has 1 fully saturated rings. The summed E-state index contributed by atoms with van der Waals surface area (Å²) in [5, 5.41) is 8.94. The second-order valence-electron chi connectivity index (χ2n) is 5.26. The fourth-order valence-electron chi connectivity index (χ4n) is 2.27. The van der Waals surface area contributed by atoms with Crippen LogP contribution in [0.4, 0.5) is 0 Å². The second-order valence-corrected chi connectivity index (χ2v) is 6.41. The van der Waals surface area contributed by atoms with Crippen molar-refractivity contribution in [1.29, 1.82) is 0 Å². The van der Waals surface area contributed by atoms with Gasteiger partial charge in [0.1, 0.15) is 5.75 Å². The van der Waals surface area contributed by atoms with E-state index in [1.165, 1.54) is 0 Å². The van der Waals surface area contributed by atoms with Gasteiger partial charge in [0.15, 0.2) is 0 Å². The molecule has 0 aliphatic carbocycles. The van der Waals surface area contributed by atoms with Crippen molar-refractivity contribution in [2.45, 2.75) is 12.5 Å². The molecule has 0 bridgehead atoms. The molecule has 1 aromatic rings. The highest BCUT2D eigenvalue weighted by atomic mass is 35.5. The lowest BCUT2D eigenvalue weighted by Gasteiger charge is -2.22. The Kier molecular flexibility index (Phi) is 9.59. The molecule has 1 saturated heterocycles. The number of rotatable bonds is 7. The highest BCUT2D eigenvalue weighted by Crippen LogP contribution is 2.11. The van der Waals surface area contributed by atoms with Crippen molar-refractivity contribution in [3.63, 3.8) is 0 Å². The zero-order valence-corrected chi connectivity index (χ0v) is 15.3. The average molecular weight is 374 g/mol. The van der Waals surface area contributed by atoms with E-state index in [0.717, 1.165) is 18.1 Å². The number of carbonyl (C=O) groups excluding carboxylic acids is 2. The zero-order chi connectivity index (χ0) is 16.5. The molecule has 2 amide bonds. The van der Waals surface area contributed by atoms with Crippen molar-refractivity contribution < 1.29 is 14.3 Å². The molecular weight excluding hydrogens is 350 g/mol. The number of hydrogen-bond donors (Lipinski definition) is 3. The van der Waals surface area contributed by atoms with Crippen molar-refractivity contribution in [3.05, 3.63) is 29.8 Å². The van der Waals surface area contributed by atoms with Crippen LogP contribution in [-0.4, -0.2) is 56.1 Å². The predicted octanol–water partition coefficient (Wildman–Crippen LogP) is 1.06.